The third kappa shape index (κ3) is 2.67. The molecular formula is C15H16N4OS. The summed E-state index contributed by atoms with van der Waals surface area (Å²) >= 11 is 1.65. The standard InChI is InChI=1S/C15H16N4OS/c1-4-19-13(7-9(2)18-19)15(20)17-11-5-6-14-12(8-11)16-10(3)21-14/h5-8H,4H2,1-3H3,(H,17,20). The van der Waals surface area contributed by atoms with Crippen LogP contribution < -0.4 is 5.32 Å². The molecular weight excluding hydrogens is 284 g/mol. The number of nitrogens with zero attached hydrogens (tertiary/aromatic N) is 3. The highest BCUT2D eigenvalue weighted by Crippen LogP contribution is 2.24. The Morgan fingerprint density at radius 1 is 1.33 bits per heavy atom. The average Bonchev–Trinajstić information content (AvgIpc) is 2.99. The van der Waals surface area contributed by atoms with Crippen molar-refractivity contribution in [3.8, 4) is 0 Å². The van der Waals surface area contributed by atoms with Crippen LogP contribution in [0.3, 0.4) is 0 Å². The number of nitrogens with one attached hydrogen (secondary N) is 1. The highest BCUT2D eigenvalue weighted by molar-refractivity contribution is 7.18. The Labute approximate surface area is 126 Å². The molecule has 1 N–H and O–H groups in total. The van der Waals surface area contributed by atoms with Gasteiger partial charge >= 0.3 is 0 Å². The first-order valence-corrected chi connectivity index (χ1v) is 7.61. The van der Waals surface area contributed by atoms with Gasteiger partial charge in [0.1, 0.15) is 5.69 Å². The number of aryl methyl sites for hydroxylation is 3. The summed E-state index contributed by atoms with van der Waals surface area (Å²) in [5.41, 5.74) is 3.08. The van der Waals surface area contributed by atoms with Gasteiger partial charge in [-0.1, -0.05) is 0 Å². The van der Waals surface area contributed by atoms with Crippen molar-refractivity contribution in [3.63, 3.8) is 0 Å². The van der Waals surface area contributed by atoms with Crippen LogP contribution in [0.4, 0.5) is 5.69 Å². The molecule has 1 aromatic carbocycles. The van der Waals surface area contributed by atoms with Crippen LogP contribution in [0.1, 0.15) is 28.1 Å². The smallest absolute Gasteiger partial charge is 0.273 e. The van der Waals surface area contributed by atoms with E-state index in [1.807, 2.05) is 39.0 Å². The Morgan fingerprint density at radius 3 is 2.90 bits per heavy atom. The zero-order valence-corrected chi connectivity index (χ0v) is 13.0. The summed E-state index contributed by atoms with van der Waals surface area (Å²) in [7, 11) is 0. The molecule has 0 aliphatic carbocycles. The van der Waals surface area contributed by atoms with E-state index in [-0.39, 0.29) is 5.91 Å². The third-order valence-electron chi connectivity index (χ3n) is 3.19. The van der Waals surface area contributed by atoms with Gasteiger partial charge in [0.25, 0.3) is 5.91 Å². The molecule has 0 bridgehead atoms. The molecule has 5 nitrogen and oxygen atoms in total. The van der Waals surface area contributed by atoms with Crippen LogP contribution in [-0.2, 0) is 6.54 Å². The fourth-order valence-electron chi connectivity index (χ4n) is 2.28. The van der Waals surface area contributed by atoms with E-state index in [2.05, 4.69) is 15.4 Å². The minimum Gasteiger partial charge on any atom is -0.321 e. The number of amides is 1. The first-order chi connectivity index (χ1) is 10.1. The Bertz CT molecular complexity index is 818. The van der Waals surface area contributed by atoms with E-state index in [1.54, 1.807) is 22.1 Å². The van der Waals surface area contributed by atoms with Crippen LogP contribution >= 0.6 is 11.3 Å². The lowest BCUT2D eigenvalue weighted by atomic mass is 10.2. The molecule has 1 amide bonds. The summed E-state index contributed by atoms with van der Waals surface area (Å²) in [4.78, 5) is 16.8. The van der Waals surface area contributed by atoms with Gasteiger partial charge in [-0.25, -0.2) is 4.98 Å². The second-order valence-corrected chi connectivity index (χ2v) is 6.09. The molecule has 0 atom stereocenters. The van der Waals surface area contributed by atoms with Crippen molar-refractivity contribution >= 4 is 33.1 Å². The number of anilines is 1. The van der Waals surface area contributed by atoms with Crippen molar-refractivity contribution < 1.29 is 4.79 Å². The molecule has 0 radical (unpaired) electrons. The number of hydrogen-bond acceptors (Lipinski definition) is 4. The van der Waals surface area contributed by atoms with Gasteiger partial charge in [0, 0.05) is 12.2 Å². The van der Waals surface area contributed by atoms with E-state index in [9.17, 15) is 4.79 Å². The highest BCUT2D eigenvalue weighted by Gasteiger charge is 2.13. The van der Waals surface area contributed by atoms with Gasteiger partial charge < -0.3 is 5.32 Å². The number of thiazole rings is 1. The minimum atomic E-state index is -0.149. The number of hydrogen-bond donors (Lipinski definition) is 1. The van der Waals surface area contributed by atoms with Crippen molar-refractivity contribution in [1.29, 1.82) is 0 Å². The number of carbonyl (C=O) groups is 1. The SMILES string of the molecule is CCn1nc(C)cc1C(=O)Nc1ccc2sc(C)nc2c1. The number of carbonyl (C=O) groups excluding carboxylic acids is 1. The zero-order chi connectivity index (χ0) is 15.0. The lowest BCUT2D eigenvalue weighted by Gasteiger charge is -2.06. The monoisotopic (exact) mass is 300 g/mol. The predicted octanol–water partition coefficient (Wildman–Crippen LogP) is 3.38. The second kappa shape index (κ2) is 5.29. The highest BCUT2D eigenvalue weighted by atomic mass is 32.1. The Hall–Kier alpha value is -2.21. The van der Waals surface area contributed by atoms with Crippen molar-refractivity contribution in [2.45, 2.75) is 27.3 Å². The van der Waals surface area contributed by atoms with Crippen molar-refractivity contribution in [2.24, 2.45) is 0 Å². The summed E-state index contributed by atoms with van der Waals surface area (Å²) < 4.78 is 2.83. The van der Waals surface area contributed by atoms with Crippen LogP contribution in [0.15, 0.2) is 24.3 Å². The molecule has 0 saturated carbocycles. The van der Waals surface area contributed by atoms with Gasteiger partial charge in [-0.15, -0.1) is 11.3 Å². The van der Waals surface area contributed by atoms with Crippen LogP contribution in [0, 0.1) is 13.8 Å². The maximum Gasteiger partial charge on any atom is 0.273 e. The Kier molecular flexibility index (Phi) is 3.47. The van der Waals surface area contributed by atoms with Crippen molar-refractivity contribution in [3.05, 3.63) is 40.7 Å². The van der Waals surface area contributed by atoms with E-state index in [4.69, 9.17) is 0 Å². The summed E-state index contributed by atoms with van der Waals surface area (Å²) in [6.45, 7) is 6.49. The largest absolute Gasteiger partial charge is 0.321 e. The number of fused-ring (bicyclic) bond motifs is 1. The number of benzene rings is 1. The molecule has 6 heteroatoms. The van der Waals surface area contributed by atoms with Gasteiger partial charge in [-0.2, -0.15) is 5.10 Å². The van der Waals surface area contributed by atoms with Crippen molar-refractivity contribution in [2.75, 3.05) is 5.32 Å². The molecule has 108 valence electrons. The zero-order valence-electron chi connectivity index (χ0n) is 12.2. The topological polar surface area (TPSA) is 59.8 Å². The summed E-state index contributed by atoms with van der Waals surface area (Å²) in [6, 6.07) is 7.58. The fraction of sp³-hybridized carbons (Fsp3) is 0.267. The first-order valence-electron chi connectivity index (χ1n) is 6.80. The molecule has 0 aliphatic heterocycles. The normalized spacial score (nSPS) is 11.0. The van der Waals surface area contributed by atoms with E-state index in [0.717, 1.165) is 26.6 Å². The Balaban J connectivity index is 1.88. The molecule has 21 heavy (non-hydrogen) atoms. The van der Waals surface area contributed by atoms with Crippen LogP contribution in [0.25, 0.3) is 10.2 Å². The predicted molar refractivity (Wildman–Crippen MR) is 84.9 cm³/mol. The molecule has 2 heterocycles. The molecule has 3 aromatic rings. The molecule has 0 aliphatic rings. The van der Waals surface area contributed by atoms with Gasteiger partial charge in [0.15, 0.2) is 0 Å². The minimum absolute atomic E-state index is 0.149. The van der Waals surface area contributed by atoms with Gasteiger partial charge in [-0.3, -0.25) is 9.48 Å². The average molecular weight is 300 g/mol. The lowest BCUT2D eigenvalue weighted by Crippen LogP contribution is -2.17. The van der Waals surface area contributed by atoms with Gasteiger partial charge in [-0.05, 0) is 45.0 Å². The second-order valence-electron chi connectivity index (χ2n) is 4.86. The maximum absolute atomic E-state index is 12.4. The maximum atomic E-state index is 12.4. The summed E-state index contributed by atoms with van der Waals surface area (Å²) in [6.07, 6.45) is 0. The quantitative estimate of drug-likeness (QED) is 0.806. The van der Waals surface area contributed by atoms with E-state index >= 15 is 0 Å². The molecule has 0 unspecified atom stereocenters. The number of rotatable bonds is 3. The molecule has 3 rings (SSSR count). The van der Waals surface area contributed by atoms with Gasteiger partial charge in [0.2, 0.25) is 0 Å². The first kappa shape index (κ1) is 13.8. The number of aromatic nitrogens is 3. The van der Waals surface area contributed by atoms with Gasteiger partial charge in [0.05, 0.1) is 20.9 Å². The summed E-state index contributed by atoms with van der Waals surface area (Å²) in [5.74, 6) is -0.149. The van der Waals surface area contributed by atoms with Crippen LogP contribution in [0.2, 0.25) is 0 Å². The van der Waals surface area contributed by atoms with E-state index < -0.39 is 0 Å². The molecule has 0 spiro atoms. The Morgan fingerprint density at radius 2 is 2.14 bits per heavy atom. The summed E-state index contributed by atoms with van der Waals surface area (Å²) in [5, 5.41) is 8.22. The van der Waals surface area contributed by atoms with Crippen LogP contribution in [0.5, 0.6) is 0 Å². The van der Waals surface area contributed by atoms with E-state index in [0.29, 0.717) is 12.2 Å². The van der Waals surface area contributed by atoms with Crippen LogP contribution in [-0.4, -0.2) is 20.7 Å². The molecule has 0 fully saturated rings. The molecule has 2 aromatic heterocycles. The lowest BCUT2D eigenvalue weighted by molar-refractivity contribution is 0.101. The van der Waals surface area contributed by atoms with E-state index in [1.165, 1.54) is 0 Å². The molecule has 0 saturated heterocycles. The van der Waals surface area contributed by atoms with Crippen molar-refractivity contribution in [1.82, 2.24) is 14.8 Å². The fourth-order valence-corrected chi connectivity index (χ4v) is 3.09. The third-order valence-corrected chi connectivity index (χ3v) is 4.14.